The predicted molar refractivity (Wildman–Crippen MR) is 90.6 cm³/mol. The van der Waals surface area contributed by atoms with Gasteiger partial charge in [-0.05, 0) is 35.4 Å². The number of aromatic nitrogens is 1. The number of aryl methyl sites for hydroxylation is 2. The average molecular weight is 282 g/mol. The van der Waals surface area contributed by atoms with Gasteiger partial charge in [-0.1, -0.05) is 52.8 Å². The Balaban J connectivity index is 2.73. The maximum Gasteiger partial charge on any atom is 0.212 e. The zero-order valence-corrected chi connectivity index (χ0v) is 14.5. The molecule has 0 saturated carbocycles. The number of pyridine rings is 1. The van der Waals surface area contributed by atoms with E-state index in [4.69, 9.17) is 0 Å². The molecule has 1 heteroatoms. The van der Waals surface area contributed by atoms with E-state index in [2.05, 4.69) is 89.7 Å². The Hall–Kier alpha value is -1.63. The third-order valence-electron chi connectivity index (χ3n) is 4.16. The molecule has 1 aromatic heterocycles. The molecule has 0 unspecified atom stereocenters. The fourth-order valence-electron chi connectivity index (χ4n) is 2.91. The Morgan fingerprint density at radius 1 is 1.05 bits per heavy atom. The van der Waals surface area contributed by atoms with Gasteiger partial charge in [-0.3, -0.25) is 0 Å². The van der Waals surface area contributed by atoms with Crippen LogP contribution in [-0.2, 0) is 12.5 Å². The Bertz CT molecular complexity index is 645. The minimum absolute atomic E-state index is 0.158. The van der Waals surface area contributed by atoms with Crippen LogP contribution >= 0.6 is 0 Å². The molecule has 0 amide bonds. The van der Waals surface area contributed by atoms with Gasteiger partial charge in [0.15, 0.2) is 6.20 Å². The van der Waals surface area contributed by atoms with Crippen molar-refractivity contribution >= 4 is 0 Å². The van der Waals surface area contributed by atoms with E-state index < -0.39 is 0 Å². The Labute approximate surface area is 129 Å². The fraction of sp³-hybridized carbons (Fsp3) is 0.450. The van der Waals surface area contributed by atoms with Gasteiger partial charge >= 0.3 is 0 Å². The fourth-order valence-corrected chi connectivity index (χ4v) is 2.91. The van der Waals surface area contributed by atoms with E-state index in [-0.39, 0.29) is 5.41 Å². The average Bonchev–Trinajstić information content (AvgIpc) is 2.38. The monoisotopic (exact) mass is 282 g/mol. The molecule has 0 saturated heterocycles. The van der Waals surface area contributed by atoms with Crippen LogP contribution in [0.15, 0.2) is 36.5 Å². The number of hydrogen-bond acceptors (Lipinski definition) is 0. The molecule has 0 aliphatic heterocycles. The first-order chi connectivity index (χ1) is 9.71. The smallest absolute Gasteiger partial charge is 0.201 e. The molecule has 0 bridgehead atoms. The van der Waals surface area contributed by atoms with E-state index in [0.29, 0.717) is 5.92 Å². The number of nitrogens with zero attached hydrogens (tertiary/aromatic N) is 1. The van der Waals surface area contributed by atoms with E-state index in [1.54, 1.807) is 0 Å². The molecule has 0 N–H and O–H groups in total. The Morgan fingerprint density at radius 2 is 1.67 bits per heavy atom. The lowest BCUT2D eigenvalue weighted by molar-refractivity contribution is -0.661. The summed E-state index contributed by atoms with van der Waals surface area (Å²) in [7, 11) is 2.15. The lowest BCUT2D eigenvalue weighted by Gasteiger charge is -2.24. The molecule has 21 heavy (non-hydrogen) atoms. The van der Waals surface area contributed by atoms with Gasteiger partial charge in [-0.15, -0.1) is 0 Å². The first kappa shape index (κ1) is 15.8. The summed E-state index contributed by atoms with van der Waals surface area (Å²) in [5, 5.41) is 0. The van der Waals surface area contributed by atoms with Crippen LogP contribution in [-0.4, -0.2) is 0 Å². The topological polar surface area (TPSA) is 3.88 Å². The molecular weight excluding hydrogens is 254 g/mol. The van der Waals surface area contributed by atoms with Crippen molar-refractivity contribution in [2.45, 2.75) is 52.9 Å². The van der Waals surface area contributed by atoms with E-state index in [1.165, 1.54) is 27.9 Å². The van der Waals surface area contributed by atoms with Crippen LogP contribution in [0.4, 0.5) is 0 Å². The number of benzene rings is 1. The van der Waals surface area contributed by atoms with Gasteiger partial charge in [0.2, 0.25) is 5.69 Å². The molecule has 0 spiro atoms. The Morgan fingerprint density at radius 3 is 2.19 bits per heavy atom. The summed E-state index contributed by atoms with van der Waals surface area (Å²) >= 11 is 0. The largest absolute Gasteiger partial charge is 0.212 e. The molecule has 1 nitrogen and oxygen atoms in total. The van der Waals surface area contributed by atoms with Crippen LogP contribution in [0.5, 0.6) is 0 Å². The van der Waals surface area contributed by atoms with Crippen molar-refractivity contribution in [2.75, 3.05) is 0 Å². The molecule has 1 heterocycles. The van der Waals surface area contributed by atoms with Crippen LogP contribution in [0.2, 0.25) is 0 Å². The predicted octanol–water partition coefficient (Wildman–Crippen LogP) is 4.91. The van der Waals surface area contributed by atoms with Crippen molar-refractivity contribution in [2.24, 2.45) is 7.05 Å². The van der Waals surface area contributed by atoms with Gasteiger partial charge < -0.3 is 0 Å². The van der Waals surface area contributed by atoms with Gasteiger partial charge in [0, 0.05) is 17.2 Å². The van der Waals surface area contributed by atoms with Crippen LogP contribution in [0.1, 0.15) is 57.2 Å². The highest BCUT2D eigenvalue weighted by atomic mass is 14.9. The third-order valence-corrected chi connectivity index (χ3v) is 4.16. The lowest BCUT2D eigenvalue weighted by atomic mass is 9.80. The molecule has 112 valence electrons. The second-order valence-corrected chi connectivity index (χ2v) is 7.36. The summed E-state index contributed by atoms with van der Waals surface area (Å²) in [6.07, 6.45) is 2.31. The van der Waals surface area contributed by atoms with Crippen LogP contribution in [0, 0.1) is 6.92 Å². The maximum atomic E-state index is 2.39. The first-order valence-corrected chi connectivity index (χ1v) is 7.82. The van der Waals surface area contributed by atoms with Crippen molar-refractivity contribution in [1.29, 1.82) is 0 Å². The highest BCUT2D eigenvalue weighted by Crippen LogP contribution is 2.32. The van der Waals surface area contributed by atoms with Crippen LogP contribution in [0.3, 0.4) is 0 Å². The zero-order valence-electron chi connectivity index (χ0n) is 14.5. The van der Waals surface area contributed by atoms with Crippen LogP contribution in [0.25, 0.3) is 11.3 Å². The second kappa shape index (κ2) is 5.63. The molecule has 2 rings (SSSR count). The SMILES string of the molecule is Cc1ccccc1-c1cc(C(C)(C)C)c(C(C)C)c[n+]1C. The van der Waals surface area contributed by atoms with Crippen molar-refractivity contribution in [1.82, 2.24) is 0 Å². The quantitative estimate of drug-likeness (QED) is 0.689. The van der Waals surface area contributed by atoms with E-state index >= 15 is 0 Å². The normalized spacial score (nSPS) is 12.0. The molecule has 0 radical (unpaired) electrons. The summed E-state index contributed by atoms with van der Waals surface area (Å²) in [6.45, 7) is 13.6. The van der Waals surface area contributed by atoms with Gasteiger partial charge in [0.1, 0.15) is 7.05 Å². The first-order valence-electron chi connectivity index (χ1n) is 7.82. The summed E-state index contributed by atoms with van der Waals surface area (Å²) < 4.78 is 2.27. The summed E-state index contributed by atoms with van der Waals surface area (Å²) in [5.41, 5.74) is 7.00. The van der Waals surface area contributed by atoms with E-state index in [0.717, 1.165) is 0 Å². The molecule has 0 aliphatic rings. The van der Waals surface area contributed by atoms with Gasteiger partial charge in [0.05, 0.1) is 0 Å². The van der Waals surface area contributed by atoms with E-state index in [9.17, 15) is 0 Å². The molecular formula is C20H28N+. The summed E-state index contributed by atoms with van der Waals surface area (Å²) in [5.74, 6) is 0.538. The number of hydrogen-bond donors (Lipinski definition) is 0. The highest BCUT2D eigenvalue weighted by molar-refractivity contribution is 5.62. The minimum Gasteiger partial charge on any atom is -0.201 e. The van der Waals surface area contributed by atoms with Crippen molar-refractivity contribution < 1.29 is 4.57 Å². The number of rotatable bonds is 2. The molecule has 0 fully saturated rings. The highest BCUT2D eigenvalue weighted by Gasteiger charge is 2.25. The van der Waals surface area contributed by atoms with Crippen molar-refractivity contribution in [3.05, 3.63) is 53.2 Å². The lowest BCUT2D eigenvalue weighted by Crippen LogP contribution is -2.34. The van der Waals surface area contributed by atoms with Gasteiger partial charge in [-0.25, -0.2) is 4.57 Å². The zero-order chi connectivity index (χ0) is 15.8. The van der Waals surface area contributed by atoms with Crippen molar-refractivity contribution in [3.63, 3.8) is 0 Å². The molecule has 1 aromatic carbocycles. The second-order valence-electron chi connectivity index (χ2n) is 7.36. The van der Waals surface area contributed by atoms with Crippen molar-refractivity contribution in [3.8, 4) is 11.3 Å². The van der Waals surface area contributed by atoms with Gasteiger partial charge in [0.25, 0.3) is 0 Å². The molecule has 0 atom stereocenters. The Kier molecular flexibility index (Phi) is 4.22. The standard InChI is InChI=1S/C20H28N/c1-14(2)17-13-21(7)19(12-18(17)20(4,5)6)16-11-9-8-10-15(16)3/h8-14H,1-7H3/q+1. The summed E-state index contributed by atoms with van der Waals surface area (Å²) in [6, 6.07) is 11.0. The maximum absolute atomic E-state index is 2.39. The molecule has 0 aliphatic carbocycles. The van der Waals surface area contributed by atoms with E-state index in [1.807, 2.05) is 0 Å². The van der Waals surface area contributed by atoms with Crippen LogP contribution < -0.4 is 4.57 Å². The third kappa shape index (κ3) is 3.18. The van der Waals surface area contributed by atoms with Gasteiger partial charge in [-0.2, -0.15) is 0 Å². The summed E-state index contributed by atoms with van der Waals surface area (Å²) in [4.78, 5) is 0. The minimum atomic E-state index is 0.158. The molecule has 2 aromatic rings.